The van der Waals surface area contributed by atoms with Crippen molar-refractivity contribution in [1.29, 1.82) is 0 Å². The molecular weight excluding hydrogens is 600 g/mol. The van der Waals surface area contributed by atoms with E-state index >= 15 is 0 Å². The molecule has 1 amide bonds. The van der Waals surface area contributed by atoms with Gasteiger partial charge in [-0.05, 0) is 71.8 Å². The number of aromatic nitrogens is 2. The average Bonchev–Trinajstić information content (AvgIpc) is 3.00. The number of amides is 1. The summed E-state index contributed by atoms with van der Waals surface area (Å²) in [6.07, 6.45) is 1.47. The number of hydrogen-bond acceptors (Lipinski definition) is 5. The van der Waals surface area contributed by atoms with Gasteiger partial charge in [-0.1, -0.05) is 76.1 Å². The van der Waals surface area contributed by atoms with E-state index in [-0.39, 0.29) is 6.61 Å². The molecule has 0 radical (unpaired) electrons. The second-order valence-corrected chi connectivity index (χ2v) is 10.5. The first-order valence-electron chi connectivity index (χ1n) is 12.8. The van der Waals surface area contributed by atoms with Crippen molar-refractivity contribution in [1.82, 2.24) is 15.4 Å². The van der Waals surface area contributed by atoms with E-state index in [1.807, 2.05) is 84.9 Å². The lowest BCUT2D eigenvalue weighted by Gasteiger charge is -2.11. The lowest BCUT2D eigenvalue weighted by atomic mass is 9.98. The van der Waals surface area contributed by atoms with E-state index in [0.717, 1.165) is 48.7 Å². The summed E-state index contributed by atoms with van der Waals surface area (Å²) in [7, 11) is 0. The summed E-state index contributed by atoms with van der Waals surface area (Å²) in [5.74, 6) is 0.160. The van der Waals surface area contributed by atoms with Crippen LogP contribution in [0, 0.1) is 0 Å². The molecule has 0 aliphatic rings. The Labute approximate surface area is 249 Å². The minimum absolute atomic E-state index is 0.193. The molecule has 0 aliphatic heterocycles. The van der Waals surface area contributed by atoms with Crippen molar-refractivity contribution in [2.24, 2.45) is 5.10 Å². The number of ether oxygens (including phenoxy) is 1. The third-order valence-corrected chi connectivity index (χ3v) is 7.27. The van der Waals surface area contributed by atoms with Crippen LogP contribution < -0.4 is 10.2 Å². The molecule has 0 unspecified atom stereocenters. The maximum absolute atomic E-state index is 12.3. The van der Waals surface area contributed by atoms with Crippen molar-refractivity contribution in [3.8, 4) is 28.1 Å². The number of nitrogens with zero attached hydrogens (tertiary/aromatic N) is 3. The van der Waals surface area contributed by atoms with Gasteiger partial charge in [0.05, 0.1) is 22.9 Å². The molecule has 41 heavy (non-hydrogen) atoms. The second kappa shape index (κ2) is 11.9. The number of hydrazone groups is 1. The van der Waals surface area contributed by atoms with Crippen LogP contribution >= 0.6 is 27.5 Å². The van der Waals surface area contributed by atoms with Crippen LogP contribution in [0.25, 0.3) is 44.2 Å². The summed E-state index contributed by atoms with van der Waals surface area (Å²) >= 11 is 9.83. The number of hydrogen-bond donors (Lipinski definition) is 1. The van der Waals surface area contributed by atoms with Gasteiger partial charge in [-0.3, -0.25) is 4.79 Å². The molecule has 4 aromatic carbocycles. The summed E-state index contributed by atoms with van der Waals surface area (Å²) < 4.78 is 6.67. The lowest BCUT2D eigenvalue weighted by molar-refractivity contribution is -0.123. The summed E-state index contributed by atoms with van der Waals surface area (Å²) in [5.41, 5.74) is 8.77. The van der Waals surface area contributed by atoms with Crippen LogP contribution in [0.4, 0.5) is 0 Å². The number of carbonyl (C=O) groups excluding carboxylic acids is 1. The molecule has 6 rings (SSSR count). The van der Waals surface area contributed by atoms with E-state index in [9.17, 15) is 4.79 Å². The molecule has 200 valence electrons. The summed E-state index contributed by atoms with van der Waals surface area (Å²) in [6.45, 7) is -0.193. The SMILES string of the molecule is O=C(COc1ccc(-c2cc(-c3ccccc3)c3cc(Br)ccc3n2)cc1)NN=Cc1cc2ccccc2nc1Cl. The van der Waals surface area contributed by atoms with E-state index in [1.165, 1.54) is 6.21 Å². The van der Waals surface area contributed by atoms with Crippen LogP contribution in [0.5, 0.6) is 5.75 Å². The highest BCUT2D eigenvalue weighted by Crippen LogP contribution is 2.34. The van der Waals surface area contributed by atoms with Gasteiger partial charge in [-0.15, -0.1) is 0 Å². The first kappa shape index (κ1) is 26.6. The van der Waals surface area contributed by atoms with Gasteiger partial charge in [-0.2, -0.15) is 5.10 Å². The van der Waals surface area contributed by atoms with Gasteiger partial charge in [0.2, 0.25) is 0 Å². The Morgan fingerprint density at radius 1 is 0.854 bits per heavy atom. The molecule has 0 aliphatic carbocycles. The smallest absolute Gasteiger partial charge is 0.277 e. The molecule has 0 fully saturated rings. The number of fused-ring (bicyclic) bond motifs is 2. The standard InChI is InChI=1S/C33H22BrClN4O2/c34-25-12-15-30-28(17-25)27(21-6-2-1-3-7-21)18-31(37-30)22-10-13-26(14-11-22)41-20-32(40)39-36-19-24-16-23-8-4-5-9-29(23)38-33(24)35/h1-19H,20H2,(H,39,40). The second-order valence-electron chi connectivity index (χ2n) is 9.25. The molecule has 6 nitrogen and oxygen atoms in total. The fourth-order valence-corrected chi connectivity index (χ4v) is 5.03. The zero-order valence-electron chi connectivity index (χ0n) is 21.6. The van der Waals surface area contributed by atoms with Gasteiger partial charge in [0.15, 0.2) is 6.61 Å². The normalized spacial score (nSPS) is 11.3. The molecule has 1 N–H and O–H groups in total. The van der Waals surface area contributed by atoms with Crippen LogP contribution in [-0.2, 0) is 4.79 Å². The van der Waals surface area contributed by atoms with Crippen LogP contribution in [0.3, 0.4) is 0 Å². The van der Waals surface area contributed by atoms with Crippen LogP contribution in [-0.4, -0.2) is 28.7 Å². The van der Waals surface area contributed by atoms with Gasteiger partial charge in [-0.25, -0.2) is 15.4 Å². The summed E-state index contributed by atoms with van der Waals surface area (Å²) in [4.78, 5) is 21.6. The molecule has 8 heteroatoms. The van der Waals surface area contributed by atoms with Gasteiger partial charge >= 0.3 is 0 Å². The van der Waals surface area contributed by atoms with Crippen molar-refractivity contribution in [2.45, 2.75) is 0 Å². The third-order valence-electron chi connectivity index (χ3n) is 6.47. The average molecular weight is 622 g/mol. The number of pyridine rings is 2. The quantitative estimate of drug-likeness (QED) is 0.111. The Hall–Kier alpha value is -4.59. The van der Waals surface area contributed by atoms with Crippen LogP contribution in [0.15, 0.2) is 119 Å². The first-order valence-corrected chi connectivity index (χ1v) is 14.0. The molecule has 0 atom stereocenters. The fourth-order valence-electron chi connectivity index (χ4n) is 4.48. The maximum atomic E-state index is 12.3. The number of benzene rings is 4. The molecular formula is C33H22BrClN4O2. The van der Waals surface area contributed by atoms with E-state index in [0.29, 0.717) is 16.5 Å². The summed E-state index contributed by atoms with van der Waals surface area (Å²) in [5, 5.41) is 6.31. The molecule has 2 aromatic heterocycles. The first-order chi connectivity index (χ1) is 20.0. The van der Waals surface area contributed by atoms with E-state index < -0.39 is 5.91 Å². The molecule has 0 spiro atoms. The van der Waals surface area contributed by atoms with Gasteiger partial charge in [0.25, 0.3) is 5.91 Å². The Balaban J connectivity index is 1.13. The topological polar surface area (TPSA) is 76.5 Å². The van der Waals surface area contributed by atoms with Crippen molar-refractivity contribution in [2.75, 3.05) is 6.61 Å². The highest BCUT2D eigenvalue weighted by atomic mass is 79.9. The van der Waals surface area contributed by atoms with Crippen molar-refractivity contribution in [3.05, 3.63) is 124 Å². The number of rotatable bonds is 7. The monoisotopic (exact) mass is 620 g/mol. The van der Waals surface area contributed by atoms with Gasteiger partial charge in [0.1, 0.15) is 10.9 Å². The Bertz CT molecular complexity index is 1910. The Morgan fingerprint density at radius 2 is 1.63 bits per heavy atom. The maximum Gasteiger partial charge on any atom is 0.277 e. The Kier molecular flexibility index (Phi) is 7.71. The largest absolute Gasteiger partial charge is 0.484 e. The van der Waals surface area contributed by atoms with E-state index in [4.69, 9.17) is 21.3 Å². The van der Waals surface area contributed by atoms with E-state index in [2.05, 4.69) is 55.7 Å². The van der Waals surface area contributed by atoms with Gasteiger partial charge in [0, 0.05) is 26.4 Å². The number of halogens is 2. The number of para-hydroxylation sites is 1. The minimum atomic E-state index is -0.398. The van der Waals surface area contributed by atoms with Crippen molar-refractivity contribution >= 4 is 61.5 Å². The fraction of sp³-hybridized carbons (Fsp3) is 0.0303. The molecule has 0 saturated heterocycles. The predicted molar refractivity (Wildman–Crippen MR) is 168 cm³/mol. The molecule has 0 saturated carbocycles. The molecule has 0 bridgehead atoms. The highest BCUT2D eigenvalue weighted by molar-refractivity contribution is 9.10. The van der Waals surface area contributed by atoms with E-state index in [1.54, 1.807) is 0 Å². The van der Waals surface area contributed by atoms with Crippen molar-refractivity contribution < 1.29 is 9.53 Å². The third kappa shape index (κ3) is 6.11. The zero-order valence-corrected chi connectivity index (χ0v) is 23.9. The predicted octanol–water partition coefficient (Wildman–Crippen LogP) is 8.06. The number of nitrogens with one attached hydrogen (secondary N) is 1. The molecule has 2 heterocycles. The minimum Gasteiger partial charge on any atom is -0.484 e. The van der Waals surface area contributed by atoms with Crippen LogP contribution in [0.1, 0.15) is 5.56 Å². The number of carbonyl (C=O) groups is 1. The van der Waals surface area contributed by atoms with Gasteiger partial charge < -0.3 is 4.74 Å². The molecule has 6 aromatic rings. The lowest BCUT2D eigenvalue weighted by Crippen LogP contribution is -2.24. The highest BCUT2D eigenvalue weighted by Gasteiger charge is 2.11. The summed E-state index contributed by atoms with van der Waals surface area (Å²) in [6, 6.07) is 35.5. The Morgan fingerprint density at radius 3 is 2.46 bits per heavy atom. The van der Waals surface area contributed by atoms with Crippen molar-refractivity contribution in [3.63, 3.8) is 0 Å². The zero-order chi connectivity index (χ0) is 28.2. The van der Waals surface area contributed by atoms with Crippen LogP contribution in [0.2, 0.25) is 5.15 Å².